The van der Waals surface area contributed by atoms with Gasteiger partial charge in [-0.05, 0) is 11.1 Å². The van der Waals surface area contributed by atoms with Gasteiger partial charge in [0, 0.05) is 19.5 Å². The van der Waals surface area contributed by atoms with E-state index in [1.165, 1.54) is 48.5 Å². The monoisotopic (exact) mass is 604 g/mol. The van der Waals surface area contributed by atoms with E-state index in [0.29, 0.717) is 0 Å². The number of hydrogen-bond acceptors (Lipinski definition) is 2. The van der Waals surface area contributed by atoms with E-state index in [9.17, 15) is 44.7 Å². The first kappa shape index (κ1) is 31.1. The van der Waals surface area contributed by atoms with Gasteiger partial charge in [0.15, 0.2) is 46.5 Å². The smallest absolute Gasteiger partial charge is 0.341 e. The Morgan fingerprint density at radius 2 is 0.667 bits per heavy atom. The molecule has 0 spiro atoms. The molecule has 0 aliphatic carbocycles. The predicted octanol–water partition coefficient (Wildman–Crippen LogP) is 7.21. The Bertz CT molecular complexity index is 1370. The Kier molecular flexibility index (Phi) is 10.1. The van der Waals surface area contributed by atoms with Gasteiger partial charge in [0.2, 0.25) is 0 Å². The summed E-state index contributed by atoms with van der Waals surface area (Å²) in [6, 6.07) is 13.8. The predicted molar refractivity (Wildman–Crippen MR) is 117 cm³/mol. The van der Waals surface area contributed by atoms with E-state index in [4.69, 9.17) is 10.2 Å². The van der Waals surface area contributed by atoms with Crippen LogP contribution in [0.2, 0.25) is 0 Å². The first-order chi connectivity index (χ1) is 17.9. The van der Waals surface area contributed by atoms with E-state index in [0.717, 1.165) is 0 Å². The molecule has 0 saturated heterocycles. The molecular weight excluding hydrogens is 594 g/mol. The molecule has 0 heterocycles. The quantitative estimate of drug-likeness (QED) is 0.146. The van der Waals surface area contributed by atoms with Gasteiger partial charge < -0.3 is 10.2 Å². The standard InChI is InChI=1S/2C13H6F4O2.Zn/c2*14-9-7(6-4-2-1-3-5-6)10(15)12(17)8(11(9)16)13(18)19;/h2*1-5H,(H,18,19);. The van der Waals surface area contributed by atoms with E-state index >= 15 is 0 Å². The van der Waals surface area contributed by atoms with Gasteiger partial charge >= 0.3 is 11.9 Å². The minimum atomic E-state index is -2.08. The summed E-state index contributed by atoms with van der Waals surface area (Å²) in [5.41, 5.74) is -5.33. The van der Waals surface area contributed by atoms with Gasteiger partial charge in [-0.15, -0.1) is 0 Å². The number of carboxylic acid groups (broad SMARTS) is 2. The molecule has 0 unspecified atom stereocenters. The average molecular weight is 606 g/mol. The van der Waals surface area contributed by atoms with Gasteiger partial charge in [-0.3, -0.25) is 0 Å². The van der Waals surface area contributed by atoms with Gasteiger partial charge in [0.05, 0.1) is 11.1 Å². The molecule has 4 rings (SSSR count). The van der Waals surface area contributed by atoms with E-state index in [1.807, 2.05) is 0 Å². The zero-order valence-electron chi connectivity index (χ0n) is 19.2. The van der Waals surface area contributed by atoms with Crippen LogP contribution in [-0.4, -0.2) is 22.2 Å². The van der Waals surface area contributed by atoms with E-state index < -0.39 is 80.7 Å². The van der Waals surface area contributed by atoms with Crippen LogP contribution in [0.4, 0.5) is 35.1 Å². The van der Waals surface area contributed by atoms with Crippen molar-refractivity contribution < 1.29 is 74.4 Å². The number of hydrogen-bond donors (Lipinski definition) is 2. The average Bonchev–Trinajstić information content (AvgIpc) is 2.88. The fraction of sp³-hybridized carbons (Fsp3) is 0. The number of carboxylic acids is 2. The van der Waals surface area contributed by atoms with Crippen LogP contribution in [0.3, 0.4) is 0 Å². The number of rotatable bonds is 4. The molecule has 0 aliphatic heterocycles. The van der Waals surface area contributed by atoms with Crippen molar-refractivity contribution in [1.29, 1.82) is 0 Å². The Morgan fingerprint density at radius 3 is 0.872 bits per heavy atom. The van der Waals surface area contributed by atoms with Crippen LogP contribution >= 0.6 is 0 Å². The van der Waals surface area contributed by atoms with Crippen molar-refractivity contribution in [2.75, 3.05) is 0 Å². The molecule has 0 atom stereocenters. The first-order valence-corrected chi connectivity index (χ1v) is 10.2. The van der Waals surface area contributed by atoms with Crippen molar-refractivity contribution in [3.8, 4) is 22.3 Å². The molecule has 4 aromatic carbocycles. The number of benzene rings is 4. The molecule has 0 bridgehead atoms. The summed E-state index contributed by atoms with van der Waals surface area (Å²) in [7, 11) is 0. The minimum absolute atomic E-state index is 0. The second kappa shape index (κ2) is 12.6. The van der Waals surface area contributed by atoms with Crippen LogP contribution < -0.4 is 0 Å². The second-order valence-electron chi connectivity index (χ2n) is 7.35. The molecule has 0 amide bonds. The second-order valence-corrected chi connectivity index (χ2v) is 7.35. The van der Waals surface area contributed by atoms with Crippen LogP contribution in [0.1, 0.15) is 20.7 Å². The maximum atomic E-state index is 13.7. The third-order valence-electron chi connectivity index (χ3n) is 5.08. The van der Waals surface area contributed by atoms with Crippen LogP contribution in [0.15, 0.2) is 60.7 Å². The van der Waals surface area contributed by atoms with Crippen molar-refractivity contribution in [1.82, 2.24) is 0 Å². The summed E-state index contributed by atoms with van der Waals surface area (Å²) in [4.78, 5) is 21.2. The molecule has 4 nitrogen and oxygen atoms in total. The Morgan fingerprint density at radius 1 is 0.436 bits per heavy atom. The van der Waals surface area contributed by atoms with Crippen molar-refractivity contribution in [3.63, 3.8) is 0 Å². The van der Waals surface area contributed by atoms with Gasteiger partial charge in [-0.2, -0.15) is 0 Å². The van der Waals surface area contributed by atoms with E-state index in [-0.39, 0.29) is 30.6 Å². The topological polar surface area (TPSA) is 74.6 Å². The molecule has 0 fully saturated rings. The maximum Gasteiger partial charge on any atom is 0.341 e. The van der Waals surface area contributed by atoms with Crippen LogP contribution in [0, 0.1) is 46.5 Å². The van der Waals surface area contributed by atoms with Crippen molar-refractivity contribution in [3.05, 3.63) is 118 Å². The molecule has 2 N–H and O–H groups in total. The fourth-order valence-electron chi connectivity index (χ4n) is 3.36. The molecule has 0 aromatic heterocycles. The zero-order chi connectivity index (χ0) is 28.3. The van der Waals surface area contributed by atoms with Gasteiger partial charge in [0.1, 0.15) is 11.1 Å². The molecular formula is C26H12F8O4Zn. The van der Waals surface area contributed by atoms with Gasteiger partial charge in [-0.25, -0.2) is 44.7 Å². The summed E-state index contributed by atoms with van der Waals surface area (Å²) < 4.78 is 109. The Labute approximate surface area is 226 Å². The number of aromatic carboxylic acids is 2. The van der Waals surface area contributed by atoms with Crippen LogP contribution in [-0.2, 0) is 19.5 Å². The van der Waals surface area contributed by atoms with Crippen molar-refractivity contribution in [2.45, 2.75) is 0 Å². The largest absolute Gasteiger partial charge is 0.477 e. The van der Waals surface area contributed by atoms with Crippen LogP contribution in [0.25, 0.3) is 22.3 Å². The zero-order valence-corrected chi connectivity index (χ0v) is 22.2. The van der Waals surface area contributed by atoms with Crippen LogP contribution in [0.5, 0.6) is 0 Å². The van der Waals surface area contributed by atoms with Gasteiger partial charge in [-0.1, -0.05) is 60.7 Å². The summed E-state index contributed by atoms with van der Waals surface area (Å²) in [6.07, 6.45) is 0. The van der Waals surface area contributed by atoms with Crippen molar-refractivity contribution >= 4 is 11.9 Å². The Hall–Kier alpha value is -4.12. The minimum Gasteiger partial charge on any atom is -0.477 e. The molecule has 13 heteroatoms. The summed E-state index contributed by atoms with van der Waals surface area (Å²) >= 11 is 0. The maximum absolute atomic E-state index is 13.7. The van der Waals surface area contributed by atoms with Crippen molar-refractivity contribution in [2.24, 2.45) is 0 Å². The third-order valence-corrected chi connectivity index (χ3v) is 5.08. The first-order valence-electron chi connectivity index (χ1n) is 10.2. The number of carbonyl (C=O) groups is 2. The molecule has 198 valence electrons. The van der Waals surface area contributed by atoms with E-state index in [2.05, 4.69) is 0 Å². The number of halogens is 8. The Balaban J connectivity index is 0.000000267. The van der Waals surface area contributed by atoms with Gasteiger partial charge in [0.25, 0.3) is 0 Å². The fourth-order valence-corrected chi connectivity index (χ4v) is 3.36. The van der Waals surface area contributed by atoms with E-state index in [1.54, 1.807) is 12.1 Å². The summed E-state index contributed by atoms with van der Waals surface area (Å²) in [5, 5.41) is 17.1. The summed E-state index contributed by atoms with van der Waals surface area (Å²) in [6.45, 7) is 0. The molecule has 4 aromatic rings. The summed E-state index contributed by atoms with van der Waals surface area (Å²) in [5.74, 6) is -18.8. The molecule has 0 radical (unpaired) electrons. The molecule has 0 aliphatic rings. The SMILES string of the molecule is O=C(O)c1c(F)c(F)c(-c2ccccc2)c(F)c1F.O=C(O)c1c(F)c(F)c(-c2ccccc2)c(F)c1F.[Zn]. The third kappa shape index (κ3) is 5.98. The normalized spacial score (nSPS) is 10.3. The molecule has 39 heavy (non-hydrogen) atoms. The molecule has 0 saturated carbocycles.